The van der Waals surface area contributed by atoms with Crippen LogP contribution < -0.4 is 4.90 Å². The second kappa shape index (κ2) is 4.67. The van der Waals surface area contributed by atoms with Crippen LogP contribution in [0.25, 0.3) is 5.65 Å². The number of aromatic nitrogens is 2. The Bertz CT molecular complexity index is 512. The van der Waals surface area contributed by atoms with Gasteiger partial charge in [0.1, 0.15) is 5.65 Å². The van der Waals surface area contributed by atoms with Gasteiger partial charge in [-0.15, -0.1) is 0 Å². The number of hydrogen-bond donors (Lipinski definition) is 1. The van der Waals surface area contributed by atoms with Crippen LogP contribution in [0.2, 0.25) is 0 Å². The van der Waals surface area contributed by atoms with E-state index in [9.17, 15) is 13.9 Å². The van der Waals surface area contributed by atoms with Crippen LogP contribution in [0, 0.1) is 0 Å². The molecule has 0 aliphatic heterocycles. The molecule has 6 heteroatoms. The fraction of sp³-hybridized carbons (Fsp3) is 0.364. The van der Waals surface area contributed by atoms with Gasteiger partial charge in [-0.05, 0) is 12.1 Å². The average molecular weight is 241 g/mol. The van der Waals surface area contributed by atoms with Crippen LogP contribution in [0.1, 0.15) is 5.69 Å². The summed E-state index contributed by atoms with van der Waals surface area (Å²) >= 11 is 0. The van der Waals surface area contributed by atoms with Crippen molar-refractivity contribution < 1.29 is 13.9 Å². The number of imidazole rings is 1. The number of nitrogens with zero attached hydrogens (tertiary/aromatic N) is 3. The maximum absolute atomic E-state index is 12.3. The van der Waals surface area contributed by atoms with Gasteiger partial charge in [-0.1, -0.05) is 6.07 Å². The number of fused-ring (bicyclic) bond motifs is 1. The van der Waals surface area contributed by atoms with E-state index in [0.717, 1.165) is 0 Å². The Balaban J connectivity index is 2.45. The van der Waals surface area contributed by atoms with E-state index in [1.54, 1.807) is 28.8 Å². The minimum atomic E-state index is -2.43. The Kier molecular flexibility index (Phi) is 3.23. The van der Waals surface area contributed by atoms with Crippen LogP contribution >= 0.6 is 0 Å². The topological polar surface area (TPSA) is 40.8 Å². The lowest BCUT2D eigenvalue weighted by molar-refractivity contribution is 0.156. The molecule has 17 heavy (non-hydrogen) atoms. The van der Waals surface area contributed by atoms with Gasteiger partial charge in [-0.25, -0.2) is 13.8 Å². The van der Waals surface area contributed by atoms with Crippen molar-refractivity contribution >= 4 is 11.5 Å². The first-order valence-electron chi connectivity index (χ1n) is 5.19. The molecule has 92 valence electrons. The normalized spacial score (nSPS) is 11.4. The minimum absolute atomic E-state index is 0.242. The van der Waals surface area contributed by atoms with E-state index in [4.69, 9.17) is 0 Å². The summed E-state index contributed by atoms with van der Waals surface area (Å²) in [4.78, 5) is 5.58. The van der Waals surface area contributed by atoms with Crippen LogP contribution in [-0.2, 0) is 6.61 Å². The smallest absolute Gasteiger partial charge is 0.255 e. The standard InChI is InChI=1S/C11H13F2N3O/c1-15(6-9(12)13)11-8(7-17)16-5-3-2-4-10(16)14-11/h2-5,9,17H,6-7H2,1H3. The van der Waals surface area contributed by atoms with Crippen molar-refractivity contribution in [3.05, 3.63) is 30.1 Å². The van der Waals surface area contributed by atoms with Crippen molar-refractivity contribution in [2.45, 2.75) is 13.0 Å². The Labute approximate surface area is 97.1 Å². The summed E-state index contributed by atoms with van der Waals surface area (Å²) in [6, 6.07) is 5.37. The fourth-order valence-corrected chi connectivity index (χ4v) is 1.78. The molecule has 0 atom stereocenters. The summed E-state index contributed by atoms with van der Waals surface area (Å²) in [5, 5.41) is 9.31. The SMILES string of the molecule is CN(CC(F)F)c1nc2ccccn2c1CO. The van der Waals surface area contributed by atoms with Crippen molar-refractivity contribution in [3.8, 4) is 0 Å². The molecular formula is C11H13F2N3O. The van der Waals surface area contributed by atoms with E-state index < -0.39 is 13.0 Å². The lowest BCUT2D eigenvalue weighted by atomic mass is 10.4. The van der Waals surface area contributed by atoms with E-state index in [1.165, 1.54) is 11.9 Å². The summed E-state index contributed by atoms with van der Waals surface area (Å²) < 4.78 is 26.3. The van der Waals surface area contributed by atoms with E-state index >= 15 is 0 Å². The van der Waals surface area contributed by atoms with Gasteiger partial charge in [0.25, 0.3) is 6.43 Å². The zero-order valence-corrected chi connectivity index (χ0v) is 9.35. The van der Waals surface area contributed by atoms with E-state index in [1.807, 2.05) is 0 Å². The largest absolute Gasteiger partial charge is 0.390 e. The highest BCUT2D eigenvalue weighted by Gasteiger charge is 2.17. The number of hydrogen-bond acceptors (Lipinski definition) is 3. The highest BCUT2D eigenvalue weighted by atomic mass is 19.3. The molecule has 0 fully saturated rings. The van der Waals surface area contributed by atoms with Gasteiger partial charge in [-0.2, -0.15) is 0 Å². The Morgan fingerprint density at radius 1 is 1.47 bits per heavy atom. The van der Waals surface area contributed by atoms with Crippen LogP contribution in [0.15, 0.2) is 24.4 Å². The fourth-order valence-electron chi connectivity index (χ4n) is 1.78. The molecule has 2 aromatic rings. The second-order valence-corrected chi connectivity index (χ2v) is 3.74. The average Bonchev–Trinajstić information content (AvgIpc) is 2.66. The van der Waals surface area contributed by atoms with Crippen molar-refractivity contribution in [2.24, 2.45) is 0 Å². The highest BCUT2D eigenvalue weighted by molar-refractivity contribution is 5.55. The molecule has 2 rings (SSSR count). The molecule has 0 amide bonds. The molecular weight excluding hydrogens is 228 g/mol. The van der Waals surface area contributed by atoms with Gasteiger partial charge in [0.05, 0.1) is 18.8 Å². The molecule has 2 heterocycles. The quantitative estimate of drug-likeness (QED) is 0.882. The van der Waals surface area contributed by atoms with Crippen LogP contribution in [0.5, 0.6) is 0 Å². The molecule has 0 unspecified atom stereocenters. The van der Waals surface area contributed by atoms with E-state index in [0.29, 0.717) is 17.2 Å². The van der Waals surface area contributed by atoms with Crippen molar-refractivity contribution in [3.63, 3.8) is 0 Å². The maximum Gasteiger partial charge on any atom is 0.255 e. The summed E-state index contributed by atoms with van der Waals surface area (Å²) in [7, 11) is 1.53. The van der Waals surface area contributed by atoms with Gasteiger partial charge in [0, 0.05) is 13.2 Å². The van der Waals surface area contributed by atoms with Gasteiger partial charge in [0.15, 0.2) is 5.82 Å². The summed E-state index contributed by atoms with van der Waals surface area (Å²) in [5.41, 5.74) is 1.15. The maximum atomic E-state index is 12.3. The Morgan fingerprint density at radius 3 is 2.88 bits per heavy atom. The first-order valence-corrected chi connectivity index (χ1v) is 5.19. The molecule has 0 saturated carbocycles. The highest BCUT2D eigenvalue weighted by Crippen LogP contribution is 2.21. The number of alkyl halides is 2. The molecule has 0 bridgehead atoms. The van der Waals surface area contributed by atoms with Crippen molar-refractivity contribution in [2.75, 3.05) is 18.5 Å². The third kappa shape index (κ3) is 2.21. The van der Waals surface area contributed by atoms with Crippen LogP contribution in [0.3, 0.4) is 0 Å². The first kappa shape index (κ1) is 11.8. The van der Waals surface area contributed by atoms with Gasteiger partial charge < -0.3 is 10.0 Å². The second-order valence-electron chi connectivity index (χ2n) is 3.74. The molecule has 0 saturated heterocycles. The molecule has 2 aromatic heterocycles. The number of rotatable bonds is 4. The molecule has 0 spiro atoms. The third-order valence-electron chi connectivity index (χ3n) is 2.53. The number of aliphatic hydroxyl groups is 1. The number of aliphatic hydroxyl groups excluding tert-OH is 1. The van der Waals surface area contributed by atoms with Crippen LogP contribution in [0.4, 0.5) is 14.6 Å². The molecule has 1 N–H and O–H groups in total. The van der Waals surface area contributed by atoms with Crippen molar-refractivity contribution in [1.82, 2.24) is 9.38 Å². The lowest BCUT2D eigenvalue weighted by Crippen LogP contribution is -2.25. The number of halogens is 2. The third-order valence-corrected chi connectivity index (χ3v) is 2.53. The predicted molar refractivity (Wildman–Crippen MR) is 60.4 cm³/mol. The van der Waals surface area contributed by atoms with Crippen molar-refractivity contribution in [1.29, 1.82) is 0 Å². The molecule has 0 radical (unpaired) electrons. The first-order chi connectivity index (χ1) is 8.13. The lowest BCUT2D eigenvalue weighted by Gasteiger charge is -2.16. The minimum Gasteiger partial charge on any atom is -0.390 e. The number of anilines is 1. The molecule has 4 nitrogen and oxygen atoms in total. The summed E-state index contributed by atoms with van der Waals surface area (Å²) in [5.74, 6) is 0.388. The molecule has 0 aliphatic carbocycles. The Morgan fingerprint density at radius 2 is 2.24 bits per heavy atom. The van der Waals surface area contributed by atoms with E-state index in [2.05, 4.69) is 4.98 Å². The zero-order valence-electron chi connectivity index (χ0n) is 9.35. The van der Waals surface area contributed by atoms with Crippen LogP contribution in [-0.4, -0.2) is 34.5 Å². The predicted octanol–water partition coefficient (Wildman–Crippen LogP) is 1.53. The summed E-state index contributed by atoms with van der Waals surface area (Å²) in [6.45, 7) is -0.648. The monoisotopic (exact) mass is 241 g/mol. The van der Waals surface area contributed by atoms with Gasteiger partial charge in [0.2, 0.25) is 0 Å². The number of pyridine rings is 1. The van der Waals surface area contributed by atoms with Gasteiger partial charge in [-0.3, -0.25) is 4.40 Å². The molecule has 0 aliphatic rings. The zero-order chi connectivity index (χ0) is 12.4. The Hall–Kier alpha value is -1.69. The van der Waals surface area contributed by atoms with Gasteiger partial charge >= 0.3 is 0 Å². The summed E-state index contributed by atoms with van der Waals surface area (Å²) in [6.07, 6.45) is -0.690. The molecule has 0 aromatic carbocycles. The van der Waals surface area contributed by atoms with E-state index in [-0.39, 0.29) is 6.61 Å².